The number of aliphatic hydroxyl groups excluding tert-OH is 1. The van der Waals surface area contributed by atoms with E-state index in [2.05, 4.69) is 24.0 Å². The van der Waals surface area contributed by atoms with Crippen molar-refractivity contribution in [3.8, 4) is 11.8 Å². The molecule has 0 fully saturated rings. The molecule has 2 N–H and O–H groups in total. The fourth-order valence-electron chi connectivity index (χ4n) is 2.08. The van der Waals surface area contributed by atoms with Crippen LogP contribution in [0.25, 0.3) is 11.6 Å². The van der Waals surface area contributed by atoms with Gasteiger partial charge in [0.05, 0.1) is 6.26 Å². The van der Waals surface area contributed by atoms with Gasteiger partial charge in [0.15, 0.2) is 0 Å². The van der Waals surface area contributed by atoms with E-state index < -0.39 is 10.1 Å². The average molecular weight is 395 g/mol. The van der Waals surface area contributed by atoms with E-state index in [0.717, 1.165) is 21.6 Å². The van der Waals surface area contributed by atoms with Crippen molar-refractivity contribution in [1.82, 2.24) is 0 Å². The maximum absolute atomic E-state index is 9.19. The third kappa shape index (κ3) is 6.24. The molecular formula is C18H15ClO4S2. The monoisotopic (exact) mass is 394 g/mol. The van der Waals surface area contributed by atoms with Crippen molar-refractivity contribution in [2.24, 2.45) is 0 Å². The first-order chi connectivity index (χ1) is 11.8. The summed E-state index contributed by atoms with van der Waals surface area (Å²) < 4.78 is 25.9. The SMILES string of the molecule is CS(=O)(=O)O.OCC#CC1=Cc2ccccc2Sc2ccc(Cl)cc21. The molecule has 0 radical (unpaired) electrons. The first kappa shape index (κ1) is 19.6. The van der Waals surface area contributed by atoms with Crippen LogP contribution in [0.4, 0.5) is 0 Å². The van der Waals surface area contributed by atoms with E-state index in [-0.39, 0.29) is 6.61 Å². The molecule has 0 saturated carbocycles. The summed E-state index contributed by atoms with van der Waals surface area (Å²) in [6.07, 6.45) is 2.76. The molecule has 0 aromatic heterocycles. The van der Waals surface area contributed by atoms with Gasteiger partial charge < -0.3 is 5.11 Å². The maximum atomic E-state index is 9.19. The van der Waals surface area contributed by atoms with Crippen molar-refractivity contribution in [3.05, 3.63) is 58.6 Å². The predicted molar refractivity (Wildman–Crippen MR) is 102 cm³/mol. The van der Waals surface area contributed by atoms with E-state index >= 15 is 0 Å². The number of hydrogen-bond donors (Lipinski definition) is 2. The minimum atomic E-state index is -3.67. The van der Waals surface area contributed by atoms with Gasteiger partial charge in [-0.1, -0.05) is 53.4 Å². The molecular weight excluding hydrogens is 380 g/mol. The Morgan fingerprint density at radius 3 is 2.52 bits per heavy atom. The van der Waals surface area contributed by atoms with E-state index in [1.165, 1.54) is 4.90 Å². The molecule has 130 valence electrons. The van der Waals surface area contributed by atoms with Crippen molar-refractivity contribution < 1.29 is 18.1 Å². The van der Waals surface area contributed by atoms with Gasteiger partial charge in [0.25, 0.3) is 10.1 Å². The predicted octanol–water partition coefficient (Wildman–Crippen LogP) is 3.84. The molecule has 4 nitrogen and oxygen atoms in total. The minimum Gasteiger partial charge on any atom is -0.384 e. The second kappa shape index (κ2) is 8.56. The highest BCUT2D eigenvalue weighted by atomic mass is 35.5. The Bertz CT molecular complexity index is 962. The highest BCUT2D eigenvalue weighted by molar-refractivity contribution is 7.99. The van der Waals surface area contributed by atoms with Gasteiger partial charge in [-0.25, -0.2) is 0 Å². The van der Waals surface area contributed by atoms with Gasteiger partial charge in [0.1, 0.15) is 6.61 Å². The third-order valence-electron chi connectivity index (χ3n) is 2.97. The zero-order valence-electron chi connectivity index (χ0n) is 13.2. The van der Waals surface area contributed by atoms with Crippen molar-refractivity contribution in [2.45, 2.75) is 9.79 Å². The van der Waals surface area contributed by atoms with Crippen LogP contribution in [0, 0.1) is 11.8 Å². The molecule has 0 spiro atoms. The minimum absolute atomic E-state index is 0.151. The lowest BCUT2D eigenvalue weighted by Gasteiger charge is -2.06. The Morgan fingerprint density at radius 2 is 1.84 bits per heavy atom. The van der Waals surface area contributed by atoms with Crippen LogP contribution in [-0.4, -0.2) is 30.9 Å². The maximum Gasteiger partial charge on any atom is 0.261 e. The van der Waals surface area contributed by atoms with Crippen LogP contribution in [0.3, 0.4) is 0 Å². The van der Waals surface area contributed by atoms with Crippen LogP contribution < -0.4 is 0 Å². The van der Waals surface area contributed by atoms with Gasteiger partial charge in [-0.2, -0.15) is 8.42 Å². The molecule has 7 heteroatoms. The average Bonchev–Trinajstić information content (AvgIpc) is 2.67. The second-order valence-corrected chi connectivity index (χ2v) is 8.02. The van der Waals surface area contributed by atoms with Crippen molar-refractivity contribution in [2.75, 3.05) is 12.9 Å². The van der Waals surface area contributed by atoms with Crippen LogP contribution in [0.5, 0.6) is 0 Å². The highest BCUT2D eigenvalue weighted by Gasteiger charge is 2.15. The second-order valence-electron chi connectivity index (χ2n) is 5.03. The van der Waals surface area contributed by atoms with E-state index in [1.54, 1.807) is 11.8 Å². The molecule has 0 aliphatic carbocycles. The molecule has 0 unspecified atom stereocenters. The zero-order valence-corrected chi connectivity index (χ0v) is 15.6. The summed E-state index contributed by atoms with van der Waals surface area (Å²) in [5.74, 6) is 5.75. The lowest BCUT2D eigenvalue weighted by atomic mass is 10.0. The van der Waals surface area contributed by atoms with Crippen LogP contribution >= 0.6 is 23.4 Å². The van der Waals surface area contributed by atoms with Crippen molar-refractivity contribution >= 4 is 45.1 Å². The van der Waals surface area contributed by atoms with Crippen LogP contribution in [0.1, 0.15) is 11.1 Å². The van der Waals surface area contributed by atoms with E-state index in [9.17, 15) is 8.42 Å². The van der Waals surface area contributed by atoms with E-state index in [4.69, 9.17) is 21.3 Å². The number of halogens is 1. The molecule has 3 rings (SSSR count). The molecule has 2 aromatic carbocycles. The Labute approximate surface area is 156 Å². The lowest BCUT2D eigenvalue weighted by molar-refractivity contribution is 0.350. The molecule has 0 amide bonds. The van der Waals surface area contributed by atoms with Crippen LogP contribution in [0.2, 0.25) is 5.02 Å². The van der Waals surface area contributed by atoms with Crippen LogP contribution in [0.15, 0.2) is 52.3 Å². The summed E-state index contributed by atoms with van der Waals surface area (Å²) in [4.78, 5) is 2.31. The van der Waals surface area contributed by atoms with Gasteiger partial charge in [-0.15, -0.1) is 0 Å². The molecule has 1 aliphatic rings. The van der Waals surface area contributed by atoms with Crippen molar-refractivity contribution in [3.63, 3.8) is 0 Å². The smallest absolute Gasteiger partial charge is 0.261 e. The molecule has 25 heavy (non-hydrogen) atoms. The van der Waals surface area contributed by atoms with Crippen molar-refractivity contribution in [1.29, 1.82) is 0 Å². The number of allylic oxidation sites excluding steroid dienone is 1. The Kier molecular flexibility index (Phi) is 6.71. The molecule has 0 atom stereocenters. The quantitative estimate of drug-likeness (QED) is 0.524. The number of rotatable bonds is 0. The third-order valence-corrected chi connectivity index (χ3v) is 4.38. The summed E-state index contributed by atoms with van der Waals surface area (Å²) in [6, 6.07) is 14.0. The Balaban J connectivity index is 0.000000399. The topological polar surface area (TPSA) is 74.6 Å². The summed E-state index contributed by atoms with van der Waals surface area (Å²) >= 11 is 7.81. The summed E-state index contributed by atoms with van der Waals surface area (Å²) in [7, 11) is -3.67. The highest BCUT2D eigenvalue weighted by Crippen LogP contribution is 2.41. The normalized spacial score (nSPS) is 12.2. The molecule has 2 aromatic rings. The first-order valence-electron chi connectivity index (χ1n) is 7.08. The fraction of sp³-hybridized carbons (Fsp3) is 0.111. The number of benzene rings is 2. The van der Waals surface area contributed by atoms with Gasteiger partial charge in [-0.05, 0) is 35.9 Å². The molecule has 0 bridgehead atoms. The number of aliphatic hydroxyl groups is 1. The van der Waals surface area contributed by atoms with E-state index in [1.807, 2.05) is 36.4 Å². The Hall–Kier alpha value is -1.75. The van der Waals surface area contributed by atoms with Crippen LogP contribution in [-0.2, 0) is 10.1 Å². The van der Waals surface area contributed by atoms with E-state index in [0.29, 0.717) is 11.3 Å². The van der Waals surface area contributed by atoms with Gasteiger partial charge >= 0.3 is 0 Å². The van der Waals surface area contributed by atoms with Gasteiger partial charge in [0, 0.05) is 26.0 Å². The summed E-state index contributed by atoms with van der Waals surface area (Å²) in [5, 5.41) is 9.62. The zero-order chi connectivity index (χ0) is 18.4. The van der Waals surface area contributed by atoms with Gasteiger partial charge in [-0.3, -0.25) is 4.55 Å². The summed E-state index contributed by atoms with van der Waals surface area (Å²) in [6.45, 7) is -0.151. The van der Waals surface area contributed by atoms with Gasteiger partial charge in [0.2, 0.25) is 0 Å². The first-order valence-corrected chi connectivity index (χ1v) is 10.1. The fourth-order valence-corrected chi connectivity index (χ4v) is 3.30. The standard InChI is InChI=1S/C17H11ClOS.CH4O3S/c18-14-7-8-17-15(11-14)12(5-3-9-19)10-13-4-1-2-6-16(13)20-17;1-5(2,3)4/h1-2,4,6-8,10-11,19H,9H2;1H3,(H,2,3,4). The Morgan fingerprint density at radius 1 is 1.16 bits per heavy atom. The summed E-state index contributed by atoms with van der Waals surface area (Å²) in [5.41, 5.74) is 3.03. The molecule has 1 heterocycles. The number of hydrogen-bond acceptors (Lipinski definition) is 4. The molecule has 1 aliphatic heterocycles. The molecule has 0 saturated heterocycles. The number of fused-ring (bicyclic) bond motifs is 2. The largest absolute Gasteiger partial charge is 0.384 e. The lowest BCUT2D eigenvalue weighted by Crippen LogP contribution is -1.88.